The van der Waals surface area contributed by atoms with Crippen molar-refractivity contribution in [2.75, 3.05) is 13.7 Å². The van der Waals surface area contributed by atoms with Crippen LogP contribution >= 0.6 is 0 Å². The fourth-order valence-electron chi connectivity index (χ4n) is 4.19. The van der Waals surface area contributed by atoms with Crippen LogP contribution in [0.2, 0.25) is 0 Å². The Morgan fingerprint density at radius 3 is 2.59 bits per heavy atom. The van der Waals surface area contributed by atoms with Crippen molar-refractivity contribution in [2.45, 2.75) is 70.6 Å². The number of rotatable bonds is 5. The fraction of sp³-hybridized carbons (Fsp3) is 0.789. The summed E-state index contributed by atoms with van der Waals surface area (Å²) in [4.78, 5) is 24.2. The molecular formula is C19H28O8. The molecule has 8 heteroatoms. The third kappa shape index (κ3) is 4.03. The predicted octanol–water partition coefficient (Wildman–Crippen LogP) is 1.56. The summed E-state index contributed by atoms with van der Waals surface area (Å²) < 4.78 is 34.2. The molecule has 0 aromatic carbocycles. The molecule has 0 aromatic heterocycles. The summed E-state index contributed by atoms with van der Waals surface area (Å²) in [6.07, 6.45) is 1.64. The van der Waals surface area contributed by atoms with E-state index in [1.54, 1.807) is 20.1 Å². The molecule has 2 fully saturated rings. The molecule has 0 spiro atoms. The first-order valence-electron chi connectivity index (χ1n) is 9.31. The van der Waals surface area contributed by atoms with Crippen molar-refractivity contribution in [1.82, 2.24) is 0 Å². The molecule has 0 saturated carbocycles. The average Bonchev–Trinajstić information content (AvgIpc) is 3.05. The Hall–Kier alpha value is -1.48. The van der Waals surface area contributed by atoms with E-state index in [1.807, 2.05) is 19.9 Å². The number of allylic oxidation sites excluding steroid dienone is 1. The molecule has 8 nitrogen and oxygen atoms in total. The molecule has 0 radical (unpaired) electrons. The van der Waals surface area contributed by atoms with Crippen molar-refractivity contribution in [1.29, 1.82) is 0 Å². The molecule has 3 aliphatic rings. The first kappa shape index (κ1) is 20.3. The van der Waals surface area contributed by atoms with E-state index in [0.29, 0.717) is 6.42 Å². The minimum Gasteiger partial charge on any atom is -0.466 e. The number of ether oxygens (including phenoxy) is 6. The second-order valence-corrected chi connectivity index (χ2v) is 7.45. The summed E-state index contributed by atoms with van der Waals surface area (Å²) in [6, 6.07) is 0. The summed E-state index contributed by atoms with van der Waals surface area (Å²) in [5.41, 5.74) is 0. The molecule has 7 atom stereocenters. The lowest BCUT2D eigenvalue weighted by molar-refractivity contribution is -0.227. The summed E-state index contributed by atoms with van der Waals surface area (Å²) in [7, 11) is 1.58. The van der Waals surface area contributed by atoms with Crippen molar-refractivity contribution < 1.29 is 38.0 Å². The Kier molecular flexibility index (Phi) is 5.90. The van der Waals surface area contributed by atoms with Gasteiger partial charge >= 0.3 is 11.9 Å². The van der Waals surface area contributed by atoms with E-state index in [2.05, 4.69) is 0 Å². The Morgan fingerprint density at radius 2 is 1.96 bits per heavy atom. The molecule has 0 N–H and O–H groups in total. The lowest BCUT2D eigenvalue weighted by Crippen LogP contribution is -2.48. The highest BCUT2D eigenvalue weighted by Gasteiger charge is 2.59. The quantitative estimate of drug-likeness (QED) is 0.521. The van der Waals surface area contributed by atoms with Gasteiger partial charge in [0.05, 0.1) is 12.7 Å². The van der Waals surface area contributed by atoms with Crippen molar-refractivity contribution in [2.24, 2.45) is 11.8 Å². The van der Waals surface area contributed by atoms with E-state index in [0.717, 1.165) is 0 Å². The predicted molar refractivity (Wildman–Crippen MR) is 92.4 cm³/mol. The highest BCUT2D eigenvalue weighted by Crippen LogP contribution is 2.44. The van der Waals surface area contributed by atoms with Crippen LogP contribution in [0.1, 0.15) is 34.1 Å². The molecule has 152 valence electrons. The summed E-state index contributed by atoms with van der Waals surface area (Å²) in [6.45, 7) is 6.93. The van der Waals surface area contributed by atoms with Crippen molar-refractivity contribution in [3.63, 3.8) is 0 Å². The Balaban J connectivity index is 1.85. The van der Waals surface area contributed by atoms with Gasteiger partial charge in [-0.1, -0.05) is 6.08 Å². The van der Waals surface area contributed by atoms with Gasteiger partial charge in [-0.3, -0.25) is 9.59 Å². The number of esters is 2. The van der Waals surface area contributed by atoms with Gasteiger partial charge in [-0.2, -0.15) is 0 Å². The molecule has 0 bridgehead atoms. The molecule has 2 saturated heterocycles. The van der Waals surface area contributed by atoms with Gasteiger partial charge in [0.25, 0.3) is 0 Å². The Labute approximate surface area is 159 Å². The number of carbonyl (C=O) groups excluding carboxylic acids is 2. The van der Waals surface area contributed by atoms with Crippen LogP contribution in [0.5, 0.6) is 0 Å². The van der Waals surface area contributed by atoms with Gasteiger partial charge in [0.1, 0.15) is 24.2 Å². The average molecular weight is 384 g/mol. The third-order valence-corrected chi connectivity index (χ3v) is 5.13. The third-order valence-electron chi connectivity index (χ3n) is 5.13. The van der Waals surface area contributed by atoms with Crippen LogP contribution < -0.4 is 0 Å². The Morgan fingerprint density at radius 1 is 1.22 bits per heavy atom. The summed E-state index contributed by atoms with van der Waals surface area (Å²) >= 11 is 0. The minimum absolute atomic E-state index is 0.240. The van der Waals surface area contributed by atoms with E-state index in [9.17, 15) is 9.59 Å². The second kappa shape index (κ2) is 7.87. The van der Waals surface area contributed by atoms with E-state index in [-0.39, 0.29) is 12.5 Å². The van der Waals surface area contributed by atoms with Crippen LogP contribution in [0.3, 0.4) is 0 Å². The van der Waals surface area contributed by atoms with Crippen LogP contribution in [-0.2, 0) is 38.0 Å². The maximum absolute atomic E-state index is 12.7. The molecule has 0 unspecified atom stereocenters. The first-order chi connectivity index (χ1) is 12.8. The molecule has 0 aromatic rings. The molecular weight excluding hydrogens is 356 g/mol. The largest absolute Gasteiger partial charge is 0.466 e. The van der Waals surface area contributed by atoms with Gasteiger partial charge in [-0.05, 0) is 33.3 Å². The van der Waals surface area contributed by atoms with Gasteiger partial charge in [0, 0.05) is 20.0 Å². The molecule has 0 amide bonds. The topological polar surface area (TPSA) is 89.5 Å². The van der Waals surface area contributed by atoms with Crippen LogP contribution in [-0.4, -0.2) is 62.1 Å². The zero-order chi connectivity index (χ0) is 19.8. The van der Waals surface area contributed by atoms with Crippen molar-refractivity contribution in [3.05, 3.63) is 12.2 Å². The monoisotopic (exact) mass is 384 g/mol. The lowest BCUT2D eigenvalue weighted by Gasteiger charge is -2.37. The molecule has 2 aliphatic heterocycles. The fourth-order valence-corrected chi connectivity index (χ4v) is 4.19. The van der Waals surface area contributed by atoms with Crippen molar-refractivity contribution in [3.8, 4) is 0 Å². The molecule has 2 heterocycles. The Bertz CT molecular complexity index is 601. The lowest BCUT2D eigenvalue weighted by atomic mass is 9.76. The van der Waals surface area contributed by atoms with E-state index < -0.39 is 54.3 Å². The van der Waals surface area contributed by atoms with Gasteiger partial charge in [-0.25, -0.2) is 0 Å². The highest BCUT2D eigenvalue weighted by molar-refractivity contribution is 5.75. The summed E-state index contributed by atoms with van der Waals surface area (Å²) in [5.74, 6) is -2.63. The second-order valence-electron chi connectivity index (χ2n) is 7.45. The van der Waals surface area contributed by atoms with E-state index in [1.165, 1.54) is 6.92 Å². The number of hydrogen-bond acceptors (Lipinski definition) is 8. The standard InChI is InChI=1S/C19H28O8/c1-6-23-17(21)13-11(8-7-9-12(13)24-10(2)20)14-15(22-5)16-18(25-14)27-19(3,4)26-16/h7,9,11-16,18H,6,8H2,1-5H3/t11-,12+,13+,14-,15+,16-,18-/m1/s1. The van der Waals surface area contributed by atoms with Crippen molar-refractivity contribution >= 4 is 11.9 Å². The van der Waals surface area contributed by atoms with E-state index >= 15 is 0 Å². The summed E-state index contributed by atoms with van der Waals surface area (Å²) in [5, 5.41) is 0. The number of fused-ring (bicyclic) bond motifs is 1. The first-order valence-corrected chi connectivity index (χ1v) is 9.31. The van der Waals surface area contributed by atoms with Crippen LogP contribution in [0.15, 0.2) is 12.2 Å². The SMILES string of the molecule is CCOC(=O)[C@H]1[C@H]([C@H]2O[C@@H]3OC(C)(C)O[C@@H]3[C@H]2OC)CC=C[C@@H]1OC(C)=O. The van der Waals surface area contributed by atoms with E-state index in [4.69, 9.17) is 28.4 Å². The molecule has 3 rings (SSSR count). The van der Waals surface area contributed by atoms with Crippen LogP contribution in [0.4, 0.5) is 0 Å². The number of carbonyl (C=O) groups is 2. The smallest absolute Gasteiger partial charge is 0.313 e. The van der Waals surface area contributed by atoms with Gasteiger partial charge < -0.3 is 28.4 Å². The maximum Gasteiger partial charge on any atom is 0.313 e. The van der Waals surface area contributed by atoms with Gasteiger partial charge in [-0.15, -0.1) is 0 Å². The minimum atomic E-state index is -0.760. The maximum atomic E-state index is 12.7. The molecule has 27 heavy (non-hydrogen) atoms. The van der Waals surface area contributed by atoms with Crippen LogP contribution in [0, 0.1) is 11.8 Å². The van der Waals surface area contributed by atoms with Gasteiger partial charge in [0.15, 0.2) is 12.1 Å². The molecule has 1 aliphatic carbocycles. The zero-order valence-corrected chi connectivity index (χ0v) is 16.4. The zero-order valence-electron chi connectivity index (χ0n) is 16.4. The van der Waals surface area contributed by atoms with Crippen LogP contribution in [0.25, 0.3) is 0 Å². The normalized spacial score (nSPS) is 39.8. The van der Waals surface area contributed by atoms with Gasteiger partial charge in [0.2, 0.25) is 0 Å². The number of methoxy groups -OCH3 is 1. The highest BCUT2D eigenvalue weighted by atomic mass is 16.8. The number of hydrogen-bond donors (Lipinski definition) is 0.